The number of rotatable bonds is 7. The minimum atomic E-state index is -0.284. The fraction of sp³-hybridized carbons (Fsp3) is 0.261. The number of hydrogen-bond acceptors (Lipinski definition) is 2. The van der Waals surface area contributed by atoms with Crippen LogP contribution in [0.5, 0.6) is 0 Å². The maximum absolute atomic E-state index is 12.1. The number of carbonyl (C=O) groups excluding carboxylic acids is 1. The zero-order valence-corrected chi connectivity index (χ0v) is 15.3. The SMILES string of the molecule is CC(C)=CCC/C(C)=C/COC(=O)c1ccc(-c2ccccc2)cc1. The number of allylic oxidation sites excluding steroid dienone is 3. The van der Waals surface area contributed by atoms with Crippen LogP contribution in [0.25, 0.3) is 11.1 Å². The first-order chi connectivity index (χ1) is 12.1. The van der Waals surface area contributed by atoms with E-state index >= 15 is 0 Å². The lowest BCUT2D eigenvalue weighted by Gasteiger charge is -2.05. The monoisotopic (exact) mass is 334 g/mol. The Labute approximate surface area is 150 Å². The number of esters is 1. The molecule has 2 aromatic carbocycles. The van der Waals surface area contributed by atoms with Crippen LogP contribution in [0.1, 0.15) is 44.0 Å². The van der Waals surface area contributed by atoms with E-state index in [0.717, 1.165) is 24.0 Å². The molecule has 0 aliphatic rings. The van der Waals surface area contributed by atoms with Crippen LogP contribution >= 0.6 is 0 Å². The van der Waals surface area contributed by atoms with Crippen LogP contribution in [-0.2, 0) is 4.74 Å². The molecule has 0 aliphatic carbocycles. The van der Waals surface area contributed by atoms with Crippen LogP contribution in [0, 0.1) is 0 Å². The standard InChI is InChI=1S/C23H26O2/c1-18(2)8-7-9-19(3)16-17-25-23(24)22-14-12-21(13-15-22)20-10-5-4-6-11-20/h4-6,8,10-16H,7,9,17H2,1-3H3/b19-16+. The summed E-state index contributed by atoms with van der Waals surface area (Å²) in [6.07, 6.45) is 6.22. The third kappa shape index (κ3) is 6.42. The van der Waals surface area contributed by atoms with Gasteiger partial charge in [-0.15, -0.1) is 0 Å². The summed E-state index contributed by atoms with van der Waals surface area (Å²) in [6, 6.07) is 17.6. The maximum Gasteiger partial charge on any atom is 0.338 e. The van der Waals surface area contributed by atoms with Crippen molar-refractivity contribution in [1.82, 2.24) is 0 Å². The van der Waals surface area contributed by atoms with E-state index in [1.165, 1.54) is 11.1 Å². The van der Waals surface area contributed by atoms with Gasteiger partial charge in [-0.25, -0.2) is 4.79 Å². The third-order valence-electron chi connectivity index (χ3n) is 3.97. The first kappa shape index (κ1) is 18.7. The Morgan fingerprint density at radius 3 is 2.16 bits per heavy atom. The van der Waals surface area contributed by atoms with Crippen LogP contribution in [0.2, 0.25) is 0 Å². The van der Waals surface area contributed by atoms with Crippen molar-refractivity contribution in [2.45, 2.75) is 33.6 Å². The molecule has 0 atom stereocenters. The predicted molar refractivity (Wildman–Crippen MR) is 105 cm³/mol. The van der Waals surface area contributed by atoms with Crippen molar-refractivity contribution >= 4 is 5.97 Å². The summed E-state index contributed by atoms with van der Waals surface area (Å²) in [4.78, 5) is 12.1. The van der Waals surface area contributed by atoms with E-state index in [-0.39, 0.29) is 5.97 Å². The van der Waals surface area contributed by atoms with Crippen molar-refractivity contribution in [3.05, 3.63) is 83.5 Å². The highest BCUT2D eigenvalue weighted by Crippen LogP contribution is 2.19. The zero-order valence-electron chi connectivity index (χ0n) is 15.3. The molecule has 0 aliphatic heterocycles. The van der Waals surface area contributed by atoms with Crippen LogP contribution in [0.4, 0.5) is 0 Å². The number of hydrogen-bond donors (Lipinski definition) is 0. The average molecular weight is 334 g/mol. The van der Waals surface area contributed by atoms with E-state index in [9.17, 15) is 4.79 Å². The second kappa shape index (κ2) is 9.63. The molecule has 0 aromatic heterocycles. The molecule has 0 bridgehead atoms. The molecular formula is C23H26O2. The molecule has 0 saturated heterocycles. The maximum atomic E-state index is 12.1. The molecular weight excluding hydrogens is 308 g/mol. The fourth-order valence-electron chi connectivity index (χ4n) is 2.46. The minimum absolute atomic E-state index is 0.284. The molecule has 0 N–H and O–H groups in total. The van der Waals surface area contributed by atoms with Crippen LogP contribution in [0.3, 0.4) is 0 Å². The molecule has 25 heavy (non-hydrogen) atoms. The fourth-order valence-corrected chi connectivity index (χ4v) is 2.46. The first-order valence-electron chi connectivity index (χ1n) is 8.68. The van der Waals surface area contributed by atoms with Crippen molar-refractivity contribution in [2.24, 2.45) is 0 Å². The van der Waals surface area contributed by atoms with Gasteiger partial charge in [-0.1, -0.05) is 59.7 Å². The van der Waals surface area contributed by atoms with Gasteiger partial charge < -0.3 is 4.74 Å². The van der Waals surface area contributed by atoms with Gasteiger partial charge in [0, 0.05) is 0 Å². The largest absolute Gasteiger partial charge is 0.458 e. The lowest BCUT2D eigenvalue weighted by molar-refractivity contribution is 0.0549. The molecule has 0 spiro atoms. The summed E-state index contributed by atoms with van der Waals surface area (Å²) >= 11 is 0. The second-order valence-corrected chi connectivity index (χ2v) is 6.41. The van der Waals surface area contributed by atoms with Gasteiger partial charge in [0.25, 0.3) is 0 Å². The van der Waals surface area contributed by atoms with E-state index in [2.05, 4.69) is 39.0 Å². The van der Waals surface area contributed by atoms with Gasteiger partial charge in [0.2, 0.25) is 0 Å². The number of carbonyl (C=O) groups is 1. The van der Waals surface area contributed by atoms with Crippen LogP contribution < -0.4 is 0 Å². The van der Waals surface area contributed by atoms with Gasteiger partial charge in [0.15, 0.2) is 0 Å². The van der Waals surface area contributed by atoms with Crippen molar-refractivity contribution in [3.8, 4) is 11.1 Å². The average Bonchev–Trinajstić information content (AvgIpc) is 2.62. The smallest absolute Gasteiger partial charge is 0.338 e. The predicted octanol–water partition coefficient (Wildman–Crippen LogP) is 6.20. The Morgan fingerprint density at radius 2 is 1.52 bits per heavy atom. The highest BCUT2D eigenvalue weighted by atomic mass is 16.5. The molecule has 2 aromatic rings. The molecule has 0 unspecified atom stereocenters. The zero-order chi connectivity index (χ0) is 18.1. The van der Waals surface area contributed by atoms with Gasteiger partial charge in [-0.05, 0) is 62.9 Å². The molecule has 0 saturated carbocycles. The minimum Gasteiger partial charge on any atom is -0.458 e. The topological polar surface area (TPSA) is 26.3 Å². The van der Waals surface area contributed by atoms with E-state index in [0.29, 0.717) is 12.2 Å². The van der Waals surface area contributed by atoms with E-state index < -0.39 is 0 Å². The summed E-state index contributed by atoms with van der Waals surface area (Å²) in [6.45, 7) is 6.59. The highest BCUT2D eigenvalue weighted by molar-refractivity contribution is 5.90. The molecule has 2 heteroatoms. The number of benzene rings is 2. The second-order valence-electron chi connectivity index (χ2n) is 6.41. The first-order valence-corrected chi connectivity index (χ1v) is 8.68. The van der Waals surface area contributed by atoms with E-state index in [1.807, 2.05) is 48.5 Å². The van der Waals surface area contributed by atoms with Crippen molar-refractivity contribution < 1.29 is 9.53 Å². The summed E-state index contributed by atoms with van der Waals surface area (Å²) in [5.74, 6) is -0.284. The van der Waals surface area contributed by atoms with E-state index in [4.69, 9.17) is 4.74 Å². The highest BCUT2D eigenvalue weighted by Gasteiger charge is 2.06. The van der Waals surface area contributed by atoms with Crippen molar-refractivity contribution in [3.63, 3.8) is 0 Å². The van der Waals surface area contributed by atoms with Gasteiger partial charge >= 0.3 is 5.97 Å². The molecule has 0 heterocycles. The van der Waals surface area contributed by atoms with Crippen molar-refractivity contribution in [2.75, 3.05) is 6.61 Å². The Hall–Kier alpha value is -2.61. The molecule has 0 radical (unpaired) electrons. The summed E-state index contributed by atoms with van der Waals surface area (Å²) < 4.78 is 5.34. The Bertz CT molecular complexity index is 733. The molecule has 2 nitrogen and oxygen atoms in total. The summed E-state index contributed by atoms with van der Waals surface area (Å²) in [5, 5.41) is 0. The Balaban J connectivity index is 1.86. The lowest BCUT2D eigenvalue weighted by atomic mass is 10.0. The lowest BCUT2D eigenvalue weighted by Crippen LogP contribution is -2.05. The van der Waals surface area contributed by atoms with E-state index in [1.54, 1.807) is 0 Å². The molecule has 130 valence electrons. The molecule has 2 rings (SSSR count). The van der Waals surface area contributed by atoms with Crippen molar-refractivity contribution in [1.29, 1.82) is 0 Å². The molecule has 0 amide bonds. The van der Waals surface area contributed by atoms with Gasteiger partial charge in [-0.2, -0.15) is 0 Å². The summed E-state index contributed by atoms with van der Waals surface area (Å²) in [7, 11) is 0. The quantitative estimate of drug-likeness (QED) is 0.445. The van der Waals surface area contributed by atoms with Gasteiger partial charge in [0.1, 0.15) is 6.61 Å². The Morgan fingerprint density at radius 1 is 0.880 bits per heavy atom. The normalized spacial score (nSPS) is 11.1. The number of ether oxygens (including phenoxy) is 1. The van der Waals surface area contributed by atoms with Gasteiger partial charge in [0.05, 0.1) is 5.56 Å². The third-order valence-corrected chi connectivity index (χ3v) is 3.97. The summed E-state index contributed by atoms with van der Waals surface area (Å²) in [5.41, 5.74) is 5.38. The Kier molecular flexibility index (Phi) is 7.21. The molecule has 0 fully saturated rings. The van der Waals surface area contributed by atoms with Crippen LogP contribution in [-0.4, -0.2) is 12.6 Å². The van der Waals surface area contributed by atoms with Crippen LogP contribution in [0.15, 0.2) is 77.9 Å². The van der Waals surface area contributed by atoms with Gasteiger partial charge in [-0.3, -0.25) is 0 Å².